The Kier molecular flexibility index (Phi) is 9.59. The molecule has 67 valence electrons. The summed E-state index contributed by atoms with van der Waals surface area (Å²) >= 11 is 4.53. The first-order valence-electron chi connectivity index (χ1n) is 3.03. The van der Waals surface area contributed by atoms with Crippen LogP contribution in [0.5, 0.6) is 0 Å². The van der Waals surface area contributed by atoms with Gasteiger partial charge in [-0.3, -0.25) is 10.1 Å². The maximum Gasteiger partial charge on any atom is 0.179 e. The Hall–Kier alpha value is 0.194. The Balaban J connectivity index is 0. The van der Waals surface area contributed by atoms with Crippen LogP contribution in [0, 0.1) is 16.2 Å². The SMILES string of the molecule is C[C-](CC[N+](=O)[O-])NC(N)=S.[Y]. The quantitative estimate of drug-likeness (QED) is 0.324. The van der Waals surface area contributed by atoms with Crippen molar-refractivity contribution in [3.63, 3.8) is 0 Å². The van der Waals surface area contributed by atoms with Gasteiger partial charge in [0.2, 0.25) is 0 Å². The number of hydrogen-bond donors (Lipinski definition) is 2. The number of nitrogens with zero attached hydrogens (tertiary/aromatic N) is 1. The summed E-state index contributed by atoms with van der Waals surface area (Å²) in [4.78, 5) is 9.51. The van der Waals surface area contributed by atoms with E-state index in [4.69, 9.17) is 5.73 Å². The normalized spacial score (nSPS) is 8.83. The van der Waals surface area contributed by atoms with E-state index in [9.17, 15) is 10.1 Å². The van der Waals surface area contributed by atoms with Gasteiger partial charge in [-0.1, -0.05) is 6.42 Å². The minimum atomic E-state index is -0.384. The number of nitrogens with one attached hydrogen (secondary N) is 1. The van der Waals surface area contributed by atoms with E-state index in [1.165, 1.54) is 0 Å². The molecular formula is C5H10N3O2SY-. The van der Waals surface area contributed by atoms with Crippen LogP contribution in [0.3, 0.4) is 0 Å². The van der Waals surface area contributed by atoms with Crippen molar-refractivity contribution >= 4 is 17.3 Å². The molecule has 0 aliphatic carbocycles. The first-order valence-corrected chi connectivity index (χ1v) is 3.44. The standard InChI is InChI=1S/C5H10N3O2S.Y/c1-4(7-5(6)11)2-3-8(9)10;/h2-3H2,1H3,(H3,6,7,11);/q-1;. The molecule has 7 heteroatoms. The fraction of sp³-hybridized carbons (Fsp3) is 0.600. The zero-order valence-corrected chi connectivity index (χ0v) is 10.4. The van der Waals surface area contributed by atoms with E-state index < -0.39 is 0 Å². The van der Waals surface area contributed by atoms with Crippen LogP contribution >= 0.6 is 12.2 Å². The maximum atomic E-state index is 9.89. The first-order chi connectivity index (χ1) is 5.02. The molecule has 0 saturated carbocycles. The van der Waals surface area contributed by atoms with E-state index in [1.807, 2.05) is 0 Å². The van der Waals surface area contributed by atoms with Crippen LogP contribution in [0.2, 0.25) is 0 Å². The Labute approximate surface area is 101 Å². The molecule has 0 bridgehead atoms. The average Bonchev–Trinajstić information content (AvgIpc) is 1.82. The number of hydrogen-bond acceptors (Lipinski definition) is 3. The van der Waals surface area contributed by atoms with Crippen molar-refractivity contribution in [1.82, 2.24) is 5.32 Å². The van der Waals surface area contributed by atoms with Gasteiger partial charge in [0.1, 0.15) is 5.11 Å². The Morgan fingerprint density at radius 1 is 1.83 bits per heavy atom. The molecule has 0 spiro atoms. The van der Waals surface area contributed by atoms with Gasteiger partial charge in [0.15, 0.2) is 6.54 Å². The summed E-state index contributed by atoms with van der Waals surface area (Å²) in [6.45, 7) is 1.62. The van der Waals surface area contributed by atoms with Crippen LogP contribution in [-0.4, -0.2) is 16.6 Å². The summed E-state index contributed by atoms with van der Waals surface area (Å²) in [5.74, 6) is 0. The third kappa shape index (κ3) is 10.2. The third-order valence-electron chi connectivity index (χ3n) is 1.01. The van der Waals surface area contributed by atoms with Crippen molar-refractivity contribution in [3.05, 3.63) is 16.2 Å². The summed E-state index contributed by atoms with van der Waals surface area (Å²) < 4.78 is 0. The molecule has 0 amide bonds. The van der Waals surface area contributed by atoms with Gasteiger partial charge in [-0.05, 0) is 12.2 Å². The van der Waals surface area contributed by atoms with Crippen molar-refractivity contribution < 1.29 is 37.6 Å². The van der Waals surface area contributed by atoms with Crippen LogP contribution in [0.15, 0.2) is 0 Å². The van der Waals surface area contributed by atoms with Crippen molar-refractivity contribution in [3.8, 4) is 0 Å². The van der Waals surface area contributed by atoms with Crippen LogP contribution in [0.1, 0.15) is 13.3 Å². The Bertz CT molecular complexity index is 167. The van der Waals surface area contributed by atoms with E-state index >= 15 is 0 Å². The zero-order valence-electron chi connectivity index (χ0n) is 6.74. The minimum Gasteiger partial charge on any atom is -0.510 e. The number of rotatable bonds is 4. The molecular weight excluding hydrogens is 255 g/mol. The van der Waals surface area contributed by atoms with E-state index in [0.29, 0.717) is 12.5 Å². The van der Waals surface area contributed by atoms with Gasteiger partial charge in [0.05, 0.1) is 0 Å². The second kappa shape index (κ2) is 7.82. The summed E-state index contributed by atoms with van der Waals surface area (Å²) in [6, 6.07) is 0.717. The van der Waals surface area contributed by atoms with Gasteiger partial charge in [-0.15, -0.1) is 0 Å². The fourth-order valence-corrected chi connectivity index (χ4v) is 0.706. The van der Waals surface area contributed by atoms with Gasteiger partial charge in [0, 0.05) is 37.6 Å². The minimum absolute atomic E-state index is 0. The summed E-state index contributed by atoms with van der Waals surface area (Å²) in [5.41, 5.74) is 5.13. The van der Waals surface area contributed by atoms with E-state index in [-0.39, 0.29) is 49.3 Å². The molecule has 0 aliphatic heterocycles. The molecule has 0 aromatic carbocycles. The number of nitrogens with two attached hydrogens (primary N) is 1. The zero-order chi connectivity index (χ0) is 8.85. The van der Waals surface area contributed by atoms with E-state index in [2.05, 4.69) is 17.5 Å². The fourth-order valence-electron chi connectivity index (χ4n) is 0.532. The first kappa shape index (κ1) is 14.7. The second-order valence-electron chi connectivity index (χ2n) is 2.08. The number of thiocarbonyl (C=S) groups is 1. The molecule has 0 atom stereocenters. The van der Waals surface area contributed by atoms with E-state index in [1.54, 1.807) is 6.92 Å². The molecule has 0 unspecified atom stereocenters. The molecule has 0 saturated heterocycles. The molecule has 12 heavy (non-hydrogen) atoms. The monoisotopic (exact) mass is 265 g/mol. The van der Waals surface area contributed by atoms with Gasteiger partial charge in [-0.2, -0.15) is 6.92 Å². The van der Waals surface area contributed by atoms with Crippen molar-refractivity contribution in [2.45, 2.75) is 13.3 Å². The third-order valence-corrected chi connectivity index (χ3v) is 1.11. The largest absolute Gasteiger partial charge is 0.510 e. The molecule has 0 rings (SSSR count). The summed E-state index contributed by atoms with van der Waals surface area (Å²) in [5, 5.41) is 12.7. The molecule has 0 aliphatic rings. The predicted molar refractivity (Wildman–Crippen MR) is 45.3 cm³/mol. The smallest absolute Gasteiger partial charge is 0.179 e. The van der Waals surface area contributed by atoms with Gasteiger partial charge in [0.25, 0.3) is 0 Å². The summed E-state index contributed by atoms with van der Waals surface area (Å²) in [6.07, 6.45) is 0.352. The van der Waals surface area contributed by atoms with Crippen molar-refractivity contribution in [1.29, 1.82) is 0 Å². The average molecular weight is 265 g/mol. The number of nitro groups is 1. The van der Waals surface area contributed by atoms with Gasteiger partial charge < -0.3 is 11.1 Å². The molecule has 0 heterocycles. The molecule has 1 radical (unpaired) electrons. The summed E-state index contributed by atoms with van der Waals surface area (Å²) in [7, 11) is 0. The molecule has 0 fully saturated rings. The van der Waals surface area contributed by atoms with Crippen LogP contribution in [-0.2, 0) is 32.7 Å². The van der Waals surface area contributed by atoms with Gasteiger partial charge >= 0.3 is 0 Å². The van der Waals surface area contributed by atoms with E-state index in [0.717, 1.165) is 0 Å². The molecule has 0 aromatic rings. The second-order valence-corrected chi connectivity index (χ2v) is 2.52. The van der Waals surface area contributed by atoms with Crippen LogP contribution < -0.4 is 11.1 Å². The molecule has 5 nitrogen and oxygen atoms in total. The van der Waals surface area contributed by atoms with Crippen LogP contribution in [0.4, 0.5) is 0 Å². The van der Waals surface area contributed by atoms with Gasteiger partial charge in [-0.25, -0.2) is 6.04 Å². The molecule has 3 N–H and O–H groups in total. The van der Waals surface area contributed by atoms with Crippen molar-refractivity contribution in [2.24, 2.45) is 5.73 Å². The van der Waals surface area contributed by atoms with Crippen LogP contribution in [0.25, 0.3) is 0 Å². The Morgan fingerprint density at radius 3 is 2.67 bits per heavy atom. The maximum absolute atomic E-state index is 9.89. The topological polar surface area (TPSA) is 81.2 Å². The Morgan fingerprint density at radius 2 is 2.33 bits per heavy atom. The van der Waals surface area contributed by atoms with Crippen molar-refractivity contribution in [2.75, 3.05) is 6.54 Å². The predicted octanol–water partition coefficient (Wildman–Crippen LogP) is 0.0358. The molecule has 0 aromatic heterocycles.